The second-order valence-electron chi connectivity index (χ2n) is 8.80. The molecule has 0 aliphatic heterocycles. The second kappa shape index (κ2) is 15.1. The van der Waals surface area contributed by atoms with Crippen molar-refractivity contribution in [2.24, 2.45) is 0 Å². The van der Waals surface area contributed by atoms with E-state index in [-0.39, 0.29) is 31.4 Å². The van der Waals surface area contributed by atoms with Crippen molar-refractivity contribution in [1.29, 1.82) is 0 Å². The number of urea groups is 1. The van der Waals surface area contributed by atoms with Crippen molar-refractivity contribution < 1.29 is 24.3 Å². The Morgan fingerprint density at radius 1 is 0.744 bits per heavy atom. The molecule has 0 saturated heterocycles. The number of carbonyl (C=O) groups is 4. The SMILES string of the molecule is O=C(CCCCNC(=O)Nc1ccc(Cl)cc1)NCC(=O)NCC(C(=O)O)c1ccc(-c2ccccc2)cc1. The van der Waals surface area contributed by atoms with E-state index in [9.17, 15) is 24.3 Å². The van der Waals surface area contributed by atoms with Crippen LogP contribution in [0.4, 0.5) is 10.5 Å². The van der Waals surface area contributed by atoms with Crippen LogP contribution in [0.1, 0.15) is 30.7 Å². The molecule has 0 bridgehead atoms. The fourth-order valence-corrected chi connectivity index (χ4v) is 3.88. The van der Waals surface area contributed by atoms with Crippen LogP contribution in [-0.2, 0) is 14.4 Å². The van der Waals surface area contributed by atoms with Gasteiger partial charge in [-0.15, -0.1) is 0 Å². The molecule has 0 aromatic heterocycles. The van der Waals surface area contributed by atoms with Gasteiger partial charge in [0.05, 0.1) is 12.5 Å². The first-order valence-electron chi connectivity index (χ1n) is 12.5. The topological polar surface area (TPSA) is 137 Å². The Kier molecular flexibility index (Phi) is 11.3. The number of carboxylic acid groups (broad SMARTS) is 1. The van der Waals surface area contributed by atoms with Gasteiger partial charge in [0.1, 0.15) is 0 Å². The van der Waals surface area contributed by atoms with Gasteiger partial charge in [-0.1, -0.05) is 66.2 Å². The number of hydrogen-bond acceptors (Lipinski definition) is 4. The van der Waals surface area contributed by atoms with Crippen molar-refractivity contribution in [2.45, 2.75) is 25.2 Å². The van der Waals surface area contributed by atoms with E-state index in [0.29, 0.717) is 35.7 Å². The van der Waals surface area contributed by atoms with Crippen LogP contribution in [0.25, 0.3) is 11.1 Å². The number of carboxylic acids is 1. The monoisotopic (exact) mass is 550 g/mol. The van der Waals surface area contributed by atoms with Crippen LogP contribution in [0.3, 0.4) is 0 Å². The molecular weight excluding hydrogens is 520 g/mol. The van der Waals surface area contributed by atoms with Crippen molar-refractivity contribution in [3.63, 3.8) is 0 Å². The predicted octanol–water partition coefficient (Wildman–Crippen LogP) is 4.40. The number of hydrogen-bond donors (Lipinski definition) is 5. The number of nitrogens with one attached hydrogen (secondary N) is 4. The normalized spacial score (nSPS) is 11.2. The molecule has 3 aromatic carbocycles. The summed E-state index contributed by atoms with van der Waals surface area (Å²) in [6.45, 7) is 0.0361. The number of rotatable bonds is 13. The standard InChI is InChI=1S/C29H31ClN4O5/c30-23-13-15-24(16-14-23)34-29(39)31-17-5-4-8-26(35)33-19-27(36)32-18-25(28(37)38)22-11-9-21(10-12-22)20-6-2-1-3-7-20/h1-3,6-7,9-16,25H,4-5,8,17-19H2,(H,32,36)(H,33,35)(H,37,38)(H2,31,34,39). The maximum atomic E-state index is 12.2. The summed E-state index contributed by atoms with van der Waals surface area (Å²) in [6.07, 6.45) is 1.30. The van der Waals surface area contributed by atoms with Crippen molar-refractivity contribution in [3.05, 3.63) is 89.4 Å². The number of aliphatic carboxylic acids is 1. The molecule has 0 heterocycles. The number of carbonyl (C=O) groups excluding carboxylic acids is 3. The minimum atomic E-state index is -1.05. The molecule has 0 radical (unpaired) electrons. The summed E-state index contributed by atoms with van der Waals surface area (Å²) in [5.41, 5.74) is 3.18. The summed E-state index contributed by atoms with van der Waals surface area (Å²) in [5.74, 6) is -2.75. The molecule has 204 valence electrons. The average Bonchev–Trinajstić information content (AvgIpc) is 2.93. The summed E-state index contributed by atoms with van der Waals surface area (Å²) in [6, 6.07) is 23.3. The lowest BCUT2D eigenvalue weighted by Gasteiger charge is -2.15. The third-order valence-corrected chi connectivity index (χ3v) is 6.14. The van der Waals surface area contributed by atoms with Crippen LogP contribution in [0.2, 0.25) is 5.02 Å². The summed E-state index contributed by atoms with van der Waals surface area (Å²) >= 11 is 5.81. The number of anilines is 1. The lowest BCUT2D eigenvalue weighted by molar-refractivity contribution is -0.138. The zero-order chi connectivity index (χ0) is 28.0. The largest absolute Gasteiger partial charge is 0.481 e. The first kappa shape index (κ1) is 29.2. The van der Waals surface area contributed by atoms with E-state index in [1.807, 2.05) is 42.5 Å². The lowest BCUT2D eigenvalue weighted by atomic mass is 9.96. The highest BCUT2D eigenvalue weighted by molar-refractivity contribution is 6.30. The van der Waals surface area contributed by atoms with Crippen molar-refractivity contribution in [1.82, 2.24) is 16.0 Å². The molecule has 4 amide bonds. The Balaban J connectivity index is 1.31. The predicted molar refractivity (Wildman–Crippen MR) is 151 cm³/mol. The van der Waals surface area contributed by atoms with Crippen LogP contribution >= 0.6 is 11.6 Å². The van der Waals surface area contributed by atoms with Crippen LogP contribution in [0.15, 0.2) is 78.9 Å². The molecular formula is C29H31ClN4O5. The molecule has 5 N–H and O–H groups in total. The molecule has 1 unspecified atom stereocenters. The van der Waals surface area contributed by atoms with E-state index in [4.69, 9.17) is 11.6 Å². The highest BCUT2D eigenvalue weighted by Crippen LogP contribution is 2.23. The molecule has 0 aliphatic rings. The molecule has 3 rings (SSSR count). The van der Waals surface area contributed by atoms with Gasteiger partial charge in [0.15, 0.2) is 0 Å². The smallest absolute Gasteiger partial charge is 0.319 e. The average molecular weight is 551 g/mol. The highest BCUT2D eigenvalue weighted by atomic mass is 35.5. The van der Waals surface area contributed by atoms with E-state index in [1.54, 1.807) is 36.4 Å². The minimum Gasteiger partial charge on any atom is -0.481 e. The zero-order valence-electron chi connectivity index (χ0n) is 21.3. The molecule has 0 aliphatic carbocycles. The van der Waals surface area contributed by atoms with Crippen LogP contribution in [0, 0.1) is 0 Å². The third-order valence-electron chi connectivity index (χ3n) is 5.89. The molecule has 9 nitrogen and oxygen atoms in total. The van der Waals surface area contributed by atoms with Crippen molar-refractivity contribution >= 4 is 41.1 Å². The van der Waals surface area contributed by atoms with Gasteiger partial charge in [-0.05, 0) is 53.8 Å². The molecule has 0 spiro atoms. The van der Waals surface area contributed by atoms with E-state index >= 15 is 0 Å². The van der Waals surface area contributed by atoms with Crippen LogP contribution in [0.5, 0.6) is 0 Å². The van der Waals surface area contributed by atoms with E-state index in [1.165, 1.54) is 0 Å². The van der Waals surface area contributed by atoms with Gasteiger partial charge in [0, 0.05) is 30.2 Å². The molecule has 10 heteroatoms. The Bertz CT molecular complexity index is 1250. The van der Waals surface area contributed by atoms with Gasteiger partial charge >= 0.3 is 12.0 Å². The van der Waals surface area contributed by atoms with E-state index in [0.717, 1.165) is 11.1 Å². The molecule has 0 fully saturated rings. The van der Waals surface area contributed by atoms with Gasteiger partial charge in [0.2, 0.25) is 11.8 Å². The Morgan fingerprint density at radius 3 is 2.08 bits per heavy atom. The fourth-order valence-electron chi connectivity index (χ4n) is 3.75. The quantitative estimate of drug-likeness (QED) is 0.201. The Morgan fingerprint density at radius 2 is 1.41 bits per heavy atom. The van der Waals surface area contributed by atoms with Crippen LogP contribution < -0.4 is 21.3 Å². The van der Waals surface area contributed by atoms with Gasteiger partial charge in [-0.25, -0.2) is 4.79 Å². The number of benzene rings is 3. The number of amides is 4. The van der Waals surface area contributed by atoms with Crippen molar-refractivity contribution in [2.75, 3.05) is 25.0 Å². The Hall–Kier alpha value is -4.37. The maximum Gasteiger partial charge on any atom is 0.319 e. The first-order chi connectivity index (χ1) is 18.8. The zero-order valence-corrected chi connectivity index (χ0v) is 22.0. The van der Waals surface area contributed by atoms with Crippen molar-refractivity contribution in [3.8, 4) is 11.1 Å². The maximum absolute atomic E-state index is 12.2. The van der Waals surface area contributed by atoms with Gasteiger partial charge in [-0.3, -0.25) is 14.4 Å². The lowest BCUT2D eigenvalue weighted by Crippen LogP contribution is -2.39. The number of halogens is 1. The van der Waals surface area contributed by atoms with E-state index < -0.39 is 17.8 Å². The highest BCUT2D eigenvalue weighted by Gasteiger charge is 2.21. The molecule has 3 aromatic rings. The van der Waals surface area contributed by atoms with Gasteiger partial charge in [-0.2, -0.15) is 0 Å². The van der Waals surface area contributed by atoms with Gasteiger partial charge in [0.25, 0.3) is 0 Å². The molecule has 1 atom stereocenters. The van der Waals surface area contributed by atoms with Crippen LogP contribution in [-0.4, -0.2) is 48.6 Å². The first-order valence-corrected chi connectivity index (χ1v) is 12.9. The second-order valence-corrected chi connectivity index (χ2v) is 9.24. The Labute approximate surface area is 232 Å². The van der Waals surface area contributed by atoms with Gasteiger partial charge < -0.3 is 26.4 Å². The fraction of sp³-hybridized carbons (Fsp3) is 0.241. The number of unbranched alkanes of at least 4 members (excludes halogenated alkanes) is 1. The minimum absolute atomic E-state index is 0.0987. The summed E-state index contributed by atoms with van der Waals surface area (Å²) in [7, 11) is 0. The summed E-state index contributed by atoms with van der Waals surface area (Å²) in [5, 5.41) is 20.7. The summed E-state index contributed by atoms with van der Waals surface area (Å²) in [4.78, 5) is 47.9. The third kappa shape index (κ3) is 10.1. The summed E-state index contributed by atoms with van der Waals surface area (Å²) < 4.78 is 0. The molecule has 39 heavy (non-hydrogen) atoms. The molecule has 0 saturated carbocycles. The van der Waals surface area contributed by atoms with E-state index in [2.05, 4.69) is 21.3 Å².